The molecule has 0 amide bonds. The van der Waals surface area contributed by atoms with Crippen molar-refractivity contribution in [2.24, 2.45) is 0 Å². The molecule has 0 aliphatic rings. The number of ether oxygens (including phenoxy) is 2. The summed E-state index contributed by atoms with van der Waals surface area (Å²) < 4.78 is 10.9. The maximum atomic E-state index is 5.52. The van der Waals surface area contributed by atoms with Gasteiger partial charge in [0, 0.05) is 12.3 Å². The van der Waals surface area contributed by atoms with E-state index >= 15 is 0 Å². The highest BCUT2D eigenvalue weighted by molar-refractivity contribution is 7.80. The highest BCUT2D eigenvalue weighted by Crippen LogP contribution is 2.33. The summed E-state index contributed by atoms with van der Waals surface area (Å²) in [5.74, 6) is 2.76. The van der Waals surface area contributed by atoms with Crippen molar-refractivity contribution >= 4 is 12.6 Å². The fourth-order valence-electron chi connectivity index (χ4n) is 2.04. The average molecular weight is 269 g/mol. The average Bonchev–Trinajstić information content (AvgIpc) is 2.38. The maximum absolute atomic E-state index is 5.52. The smallest absolute Gasteiger partial charge is 0.125 e. The van der Waals surface area contributed by atoms with Crippen LogP contribution in [0.1, 0.15) is 16.7 Å². The summed E-state index contributed by atoms with van der Waals surface area (Å²) in [5.41, 5.74) is 3.48. The molecule has 0 aliphatic heterocycles. The van der Waals surface area contributed by atoms with Crippen molar-refractivity contribution in [1.82, 2.24) is 5.32 Å². The Balaban J connectivity index is 2.91. The molecule has 1 N–H and O–H groups in total. The first kappa shape index (κ1) is 15.2. The second-order valence-electron chi connectivity index (χ2n) is 4.24. The van der Waals surface area contributed by atoms with Crippen molar-refractivity contribution in [3.05, 3.63) is 22.8 Å². The molecule has 0 saturated carbocycles. The molecule has 0 bridgehead atoms. The molecule has 1 rings (SSSR count). The van der Waals surface area contributed by atoms with Gasteiger partial charge in [-0.15, -0.1) is 0 Å². The Morgan fingerprint density at radius 3 is 2.39 bits per heavy atom. The number of hydrogen-bond acceptors (Lipinski definition) is 4. The summed E-state index contributed by atoms with van der Waals surface area (Å²) in [6.45, 7) is 5.97. The molecular formula is C14H23NO2S. The molecule has 0 saturated heterocycles. The monoisotopic (exact) mass is 269 g/mol. The second kappa shape index (κ2) is 7.54. The molecule has 18 heavy (non-hydrogen) atoms. The van der Waals surface area contributed by atoms with E-state index in [1.54, 1.807) is 14.2 Å². The van der Waals surface area contributed by atoms with E-state index in [-0.39, 0.29) is 0 Å². The zero-order chi connectivity index (χ0) is 13.5. The molecule has 1 aromatic rings. The standard InChI is InChI=1S/C14H23NO2S/c1-10-11(2)14(17-4)12(9-13(10)16-3)5-6-15-7-8-18/h9,15,18H,5-8H2,1-4H3. The van der Waals surface area contributed by atoms with Gasteiger partial charge >= 0.3 is 0 Å². The first-order chi connectivity index (χ1) is 8.65. The van der Waals surface area contributed by atoms with E-state index in [0.717, 1.165) is 47.9 Å². The Kier molecular flexibility index (Phi) is 6.36. The van der Waals surface area contributed by atoms with Crippen molar-refractivity contribution in [2.75, 3.05) is 33.1 Å². The lowest BCUT2D eigenvalue weighted by Gasteiger charge is -2.17. The molecule has 0 radical (unpaired) electrons. The number of rotatable bonds is 7. The van der Waals surface area contributed by atoms with E-state index in [4.69, 9.17) is 9.47 Å². The lowest BCUT2D eigenvalue weighted by molar-refractivity contribution is 0.393. The summed E-state index contributed by atoms with van der Waals surface area (Å²) in [4.78, 5) is 0. The van der Waals surface area contributed by atoms with E-state index in [1.165, 1.54) is 5.56 Å². The quantitative estimate of drug-likeness (QED) is 0.588. The molecule has 0 aliphatic carbocycles. The number of thiol groups is 1. The van der Waals surface area contributed by atoms with Crippen LogP contribution in [0.2, 0.25) is 0 Å². The van der Waals surface area contributed by atoms with E-state index in [0.29, 0.717) is 0 Å². The highest BCUT2D eigenvalue weighted by Gasteiger charge is 2.13. The molecule has 4 heteroatoms. The Morgan fingerprint density at radius 2 is 1.83 bits per heavy atom. The molecule has 0 aromatic heterocycles. The van der Waals surface area contributed by atoms with Gasteiger partial charge in [0.05, 0.1) is 14.2 Å². The van der Waals surface area contributed by atoms with Crippen LogP contribution < -0.4 is 14.8 Å². The molecule has 0 atom stereocenters. The molecule has 0 fully saturated rings. The third-order valence-corrected chi connectivity index (χ3v) is 3.38. The van der Waals surface area contributed by atoms with E-state index in [9.17, 15) is 0 Å². The zero-order valence-electron chi connectivity index (χ0n) is 11.7. The fourth-order valence-corrected chi connectivity index (χ4v) is 2.20. The van der Waals surface area contributed by atoms with Crippen molar-refractivity contribution in [2.45, 2.75) is 20.3 Å². The minimum Gasteiger partial charge on any atom is -0.496 e. The summed E-state index contributed by atoms with van der Waals surface area (Å²) >= 11 is 4.17. The van der Waals surface area contributed by atoms with E-state index in [1.807, 2.05) is 0 Å². The van der Waals surface area contributed by atoms with Gasteiger partial charge in [0.15, 0.2) is 0 Å². The molecule has 0 heterocycles. The van der Waals surface area contributed by atoms with Crippen molar-refractivity contribution in [1.29, 1.82) is 0 Å². The van der Waals surface area contributed by atoms with Crippen LogP contribution in [0.25, 0.3) is 0 Å². The van der Waals surface area contributed by atoms with Crippen LogP contribution in [0.3, 0.4) is 0 Å². The zero-order valence-corrected chi connectivity index (χ0v) is 12.6. The molecule has 3 nitrogen and oxygen atoms in total. The van der Waals surface area contributed by atoms with Crippen molar-refractivity contribution in [3.63, 3.8) is 0 Å². The third-order valence-electron chi connectivity index (χ3n) is 3.15. The number of benzene rings is 1. The fraction of sp³-hybridized carbons (Fsp3) is 0.571. The van der Waals surface area contributed by atoms with Crippen LogP contribution in [-0.2, 0) is 6.42 Å². The predicted octanol–water partition coefficient (Wildman–Crippen LogP) is 2.38. The summed E-state index contributed by atoms with van der Waals surface area (Å²) in [5, 5.41) is 3.33. The van der Waals surface area contributed by atoms with Crippen LogP contribution in [0.5, 0.6) is 11.5 Å². The van der Waals surface area contributed by atoms with Crippen LogP contribution in [0, 0.1) is 13.8 Å². The first-order valence-electron chi connectivity index (χ1n) is 6.18. The van der Waals surface area contributed by atoms with Crippen LogP contribution in [0.4, 0.5) is 0 Å². The number of methoxy groups -OCH3 is 2. The SMILES string of the molecule is COc1cc(CCNCCS)c(OC)c(C)c1C. The van der Waals surface area contributed by atoms with Gasteiger partial charge in [-0.3, -0.25) is 0 Å². The predicted molar refractivity (Wildman–Crippen MR) is 79.4 cm³/mol. The Bertz CT molecular complexity index is 394. The molecule has 0 unspecified atom stereocenters. The molecular weight excluding hydrogens is 246 g/mol. The minimum atomic E-state index is 0.855. The summed E-state index contributed by atoms with van der Waals surface area (Å²) in [6.07, 6.45) is 0.925. The molecule has 1 aromatic carbocycles. The van der Waals surface area contributed by atoms with Gasteiger partial charge in [0.25, 0.3) is 0 Å². The van der Waals surface area contributed by atoms with Crippen LogP contribution in [0.15, 0.2) is 6.07 Å². The summed E-state index contributed by atoms with van der Waals surface area (Å²) in [6, 6.07) is 2.07. The number of nitrogens with one attached hydrogen (secondary N) is 1. The van der Waals surface area contributed by atoms with Gasteiger partial charge in [-0.25, -0.2) is 0 Å². The van der Waals surface area contributed by atoms with Gasteiger partial charge in [-0.2, -0.15) is 12.6 Å². The maximum Gasteiger partial charge on any atom is 0.125 e. The Morgan fingerprint density at radius 1 is 1.11 bits per heavy atom. The van der Waals surface area contributed by atoms with Gasteiger partial charge < -0.3 is 14.8 Å². The van der Waals surface area contributed by atoms with Gasteiger partial charge in [-0.1, -0.05) is 0 Å². The van der Waals surface area contributed by atoms with Crippen molar-refractivity contribution in [3.8, 4) is 11.5 Å². The third kappa shape index (κ3) is 3.56. The second-order valence-corrected chi connectivity index (χ2v) is 4.69. The molecule has 102 valence electrons. The topological polar surface area (TPSA) is 30.5 Å². The highest BCUT2D eigenvalue weighted by atomic mass is 32.1. The largest absolute Gasteiger partial charge is 0.496 e. The van der Waals surface area contributed by atoms with Crippen LogP contribution >= 0.6 is 12.6 Å². The summed E-state index contributed by atoms with van der Waals surface area (Å²) in [7, 11) is 3.43. The minimum absolute atomic E-state index is 0.855. The van der Waals surface area contributed by atoms with E-state index in [2.05, 4.69) is 37.9 Å². The molecule has 0 spiro atoms. The Hall–Kier alpha value is -0.870. The van der Waals surface area contributed by atoms with Gasteiger partial charge in [0.2, 0.25) is 0 Å². The van der Waals surface area contributed by atoms with Crippen LogP contribution in [-0.4, -0.2) is 33.1 Å². The van der Waals surface area contributed by atoms with Gasteiger partial charge in [-0.05, 0) is 49.6 Å². The number of hydrogen-bond donors (Lipinski definition) is 2. The first-order valence-corrected chi connectivity index (χ1v) is 6.81. The Labute approximate surface area is 115 Å². The van der Waals surface area contributed by atoms with E-state index < -0.39 is 0 Å². The lowest BCUT2D eigenvalue weighted by Crippen LogP contribution is -2.19. The van der Waals surface area contributed by atoms with Crippen molar-refractivity contribution < 1.29 is 9.47 Å². The normalized spacial score (nSPS) is 10.5. The van der Waals surface area contributed by atoms with Gasteiger partial charge in [0.1, 0.15) is 11.5 Å². The lowest BCUT2D eigenvalue weighted by atomic mass is 10.0.